The van der Waals surface area contributed by atoms with Crippen LogP contribution in [-0.2, 0) is 0 Å². The first-order valence-corrected chi connectivity index (χ1v) is 4.53. The summed E-state index contributed by atoms with van der Waals surface area (Å²) in [5, 5.41) is 0. The number of terminal acetylenes is 1. The van der Waals surface area contributed by atoms with E-state index in [1.54, 1.807) is 0 Å². The van der Waals surface area contributed by atoms with Gasteiger partial charge in [-0.1, -0.05) is 12.2 Å². The maximum atomic E-state index is 5.39. The van der Waals surface area contributed by atoms with Crippen molar-refractivity contribution in [3.8, 4) is 12.3 Å². The number of rotatable bonds is 7. The van der Waals surface area contributed by atoms with Gasteiger partial charge in [0.05, 0.1) is 0 Å². The Bertz CT molecular complexity index is 159. The van der Waals surface area contributed by atoms with Crippen molar-refractivity contribution in [1.82, 2.24) is 0 Å². The van der Waals surface area contributed by atoms with Crippen LogP contribution in [0.2, 0.25) is 0 Å². The molecule has 0 aliphatic rings. The van der Waals surface area contributed by atoms with Crippen LogP contribution < -0.4 is 0 Å². The molecule has 0 saturated carbocycles. The molecule has 0 N–H and O–H groups in total. The van der Waals surface area contributed by atoms with Crippen molar-refractivity contribution in [3.05, 3.63) is 25.3 Å². The molecule has 0 amide bonds. The Hall–Kier alpha value is -0.960. The summed E-state index contributed by atoms with van der Waals surface area (Å²) in [6.45, 7) is 7.36. The van der Waals surface area contributed by atoms with E-state index in [4.69, 9.17) is 6.42 Å². The average Bonchev–Trinajstić information content (AvgIpc) is 2.11. The minimum atomic E-state index is 0.433. The summed E-state index contributed by atoms with van der Waals surface area (Å²) in [4.78, 5) is 0. The molecule has 0 aliphatic heterocycles. The van der Waals surface area contributed by atoms with Gasteiger partial charge in [-0.15, -0.1) is 25.5 Å². The van der Waals surface area contributed by atoms with Crippen LogP contribution in [0.1, 0.15) is 32.1 Å². The minimum Gasteiger partial charge on any atom is -0.120 e. The number of unbranched alkanes of at least 4 members (excludes halogenated alkanes) is 1. The number of allylic oxidation sites excluding steroid dienone is 2. The van der Waals surface area contributed by atoms with Crippen LogP contribution in [0.5, 0.6) is 0 Å². The smallest absolute Gasteiger partial charge is 0.0203 e. The summed E-state index contributed by atoms with van der Waals surface area (Å²) in [6.07, 6.45) is 14.7. The second-order valence-electron chi connectivity index (χ2n) is 2.95. The van der Waals surface area contributed by atoms with Crippen molar-refractivity contribution in [1.29, 1.82) is 0 Å². The Morgan fingerprint density at radius 2 is 1.83 bits per heavy atom. The molecule has 0 fully saturated rings. The molecule has 0 rings (SSSR count). The second kappa shape index (κ2) is 8.14. The Kier molecular flexibility index (Phi) is 7.49. The molecular formula is C12H18. The molecule has 0 aromatic heterocycles. The lowest BCUT2D eigenvalue weighted by atomic mass is 9.98. The monoisotopic (exact) mass is 162 g/mol. The van der Waals surface area contributed by atoms with Gasteiger partial charge in [0.25, 0.3) is 0 Å². The van der Waals surface area contributed by atoms with Crippen LogP contribution in [0.3, 0.4) is 0 Å². The van der Waals surface area contributed by atoms with Gasteiger partial charge in [0.2, 0.25) is 0 Å². The zero-order chi connectivity index (χ0) is 9.23. The summed E-state index contributed by atoms with van der Waals surface area (Å²) in [5.41, 5.74) is 0. The van der Waals surface area contributed by atoms with Crippen molar-refractivity contribution in [2.75, 3.05) is 0 Å². The first-order chi connectivity index (χ1) is 5.85. The lowest BCUT2D eigenvalue weighted by Crippen LogP contribution is -1.95. The van der Waals surface area contributed by atoms with Crippen LogP contribution >= 0.6 is 0 Å². The van der Waals surface area contributed by atoms with Crippen molar-refractivity contribution in [2.45, 2.75) is 32.1 Å². The van der Waals surface area contributed by atoms with Gasteiger partial charge >= 0.3 is 0 Å². The first-order valence-electron chi connectivity index (χ1n) is 4.53. The van der Waals surface area contributed by atoms with E-state index in [9.17, 15) is 0 Å². The lowest BCUT2D eigenvalue weighted by molar-refractivity contribution is 0.547. The molecule has 0 aromatic rings. The summed E-state index contributed by atoms with van der Waals surface area (Å²) in [7, 11) is 0. The van der Waals surface area contributed by atoms with Gasteiger partial charge in [-0.05, 0) is 32.1 Å². The van der Waals surface area contributed by atoms with E-state index >= 15 is 0 Å². The molecule has 0 aromatic carbocycles. The predicted octanol–water partition coefficient (Wildman–Crippen LogP) is 3.56. The van der Waals surface area contributed by atoms with E-state index in [0.717, 1.165) is 32.1 Å². The van der Waals surface area contributed by atoms with Gasteiger partial charge < -0.3 is 0 Å². The van der Waals surface area contributed by atoms with Crippen molar-refractivity contribution < 1.29 is 0 Å². The summed E-state index contributed by atoms with van der Waals surface area (Å²) in [6, 6.07) is 0. The summed E-state index contributed by atoms with van der Waals surface area (Å²) < 4.78 is 0. The molecule has 0 spiro atoms. The maximum Gasteiger partial charge on any atom is 0.0203 e. The largest absolute Gasteiger partial charge is 0.120 e. The molecular weight excluding hydrogens is 144 g/mol. The van der Waals surface area contributed by atoms with E-state index in [0.29, 0.717) is 5.92 Å². The highest BCUT2D eigenvalue weighted by Gasteiger charge is 2.01. The van der Waals surface area contributed by atoms with E-state index in [2.05, 4.69) is 19.1 Å². The van der Waals surface area contributed by atoms with E-state index in [1.165, 1.54) is 0 Å². The fraction of sp³-hybridized carbons (Fsp3) is 0.500. The van der Waals surface area contributed by atoms with Crippen LogP contribution in [0.15, 0.2) is 25.3 Å². The fourth-order valence-corrected chi connectivity index (χ4v) is 1.14. The molecule has 0 heteroatoms. The first kappa shape index (κ1) is 11.0. The van der Waals surface area contributed by atoms with Gasteiger partial charge in [0.15, 0.2) is 0 Å². The Balaban J connectivity index is 3.47. The van der Waals surface area contributed by atoms with Crippen LogP contribution in [0, 0.1) is 18.3 Å². The van der Waals surface area contributed by atoms with Crippen molar-refractivity contribution in [3.63, 3.8) is 0 Å². The molecule has 12 heavy (non-hydrogen) atoms. The standard InChI is InChI=1S/C12H18/c1-4-7-9-11-12(6-3)10-8-5-2/h3-5,12H,1-2,7-11H2. The quantitative estimate of drug-likeness (QED) is 0.305. The average molecular weight is 162 g/mol. The topological polar surface area (TPSA) is 0 Å². The SMILES string of the molecule is C#CC(CCC=C)CCCC=C. The molecule has 0 radical (unpaired) electrons. The van der Waals surface area contributed by atoms with Crippen molar-refractivity contribution in [2.24, 2.45) is 5.92 Å². The lowest BCUT2D eigenvalue weighted by Gasteiger charge is -2.07. The molecule has 0 heterocycles. The van der Waals surface area contributed by atoms with E-state index < -0.39 is 0 Å². The predicted molar refractivity (Wildman–Crippen MR) is 55.8 cm³/mol. The molecule has 0 aliphatic carbocycles. The van der Waals surface area contributed by atoms with Gasteiger partial charge in [0.1, 0.15) is 0 Å². The normalized spacial score (nSPS) is 11.6. The fourth-order valence-electron chi connectivity index (χ4n) is 1.14. The zero-order valence-corrected chi connectivity index (χ0v) is 7.76. The van der Waals surface area contributed by atoms with Crippen LogP contribution in [0.25, 0.3) is 0 Å². The third-order valence-corrected chi connectivity index (χ3v) is 1.92. The molecule has 0 saturated heterocycles. The highest BCUT2D eigenvalue weighted by Crippen LogP contribution is 2.13. The molecule has 0 nitrogen and oxygen atoms in total. The molecule has 0 bridgehead atoms. The van der Waals surface area contributed by atoms with Crippen LogP contribution in [-0.4, -0.2) is 0 Å². The Morgan fingerprint density at radius 3 is 2.33 bits per heavy atom. The summed E-state index contributed by atoms with van der Waals surface area (Å²) in [5.74, 6) is 3.25. The Labute approximate surface area is 76.4 Å². The summed E-state index contributed by atoms with van der Waals surface area (Å²) >= 11 is 0. The third kappa shape index (κ3) is 5.80. The molecule has 1 unspecified atom stereocenters. The van der Waals surface area contributed by atoms with Gasteiger partial charge in [-0.3, -0.25) is 0 Å². The highest BCUT2D eigenvalue weighted by molar-refractivity contribution is 4.93. The van der Waals surface area contributed by atoms with Gasteiger partial charge in [0, 0.05) is 5.92 Å². The van der Waals surface area contributed by atoms with E-state index in [-0.39, 0.29) is 0 Å². The molecule has 66 valence electrons. The zero-order valence-electron chi connectivity index (χ0n) is 7.76. The minimum absolute atomic E-state index is 0.433. The second-order valence-corrected chi connectivity index (χ2v) is 2.95. The van der Waals surface area contributed by atoms with Gasteiger partial charge in [-0.2, -0.15) is 0 Å². The van der Waals surface area contributed by atoms with Crippen LogP contribution in [0.4, 0.5) is 0 Å². The van der Waals surface area contributed by atoms with Crippen molar-refractivity contribution >= 4 is 0 Å². The van der Waals surface area contributed by atoms with E-state index in [1.807, 2.05) is 12.2 Å². The maximum absolute atomic E-state index is 5.39. The third-order valence-electron chi connectivity index (χ3n) is 1.92. The highest BCUT2D eigenvalue weighted by atomic mass is 14.1. The molecule has 1 atom stereocenters. The number of hydrogen-bond acceptors (Lipinski definition) is 0. The number of hydrogen-bond donors (Lipinski definition) is 0. The van der Waals surface area contributed by atoms with Gasteiger partial charge in [-0.25, -0.2) is 0 Å². The Morgan fingerprint density at radius 1 is 1.17 bits per heavy atom.